The van der Waals surface area contributed by atoms with Gasteiger partial charge in [-0.05, 0) is 79.1 Å². The number of thiophene rings is 1. The number of aliphatic hydroxyl groups is 1. The third-order valence-corrected chi connectivity index (χ3v) is 7.46. The molecule has 0 fully saturated rings. The Kier molecular flexibility index (Phi) is 11.5. The molecule has 3 aromatic rings. The second-order valence-corrected chi connectivity index (χ2v) is 11.0. The van der Waals surface area contributed by atoms with Gasteiger partial charge in [-0.3, -0.25) is 9.59 Å². The Balaban J connectivity index is 1.90. The average Bonchev–Trinajstić information content (AvgIpc) is 3.44. The summed E-state index contributed by atoms with van der Waals surface area (Å²) in [7, 11) is 1.60. The number of aliphatic hydroxyl groups excluding tert-OH is 1. The lowest BCUT2D eigenvalue weighted by molar-refractivity contribution is 0.0554. The monoisotopic (exact) mass is 551 g/mol. The van der Waals surface area contributed by atoms with Crippen molar-refractivity contribution < 1.29 is 19.4 Å². The molecule has 0 aliphatic rings. The molecule has 0 saturated carbocycles. The predicted octanol–water partition coefficient (Wildman–Crippen LogP) is 4.90. The second kappa shape index (κ2) is 14.8. The number of methoxy groups -OCH3 is 1. The van der Waals surface area contributed by atoms with E-state index in [1.807, 2.05) is 73.5 Å². The summed E-state index contributed by atoms with van der Waals surface area (Å²) in [6.07, 6.45) is 1.31. The van der Waals surface area contributed by atoms with E-state index in [0.717, 1.165) is 28.8 Å². The van der Waals surface area contributed by atoms with E-state index < -0.39 is 12.1 Å². The van der Waals surface area contributed by atoms with Gasteiger partial charge in [-0.2, -0.15) is 0 Å². The Labute approximate surface area is 236 Å². The number of benzene rings is 2. The van der Waals surface area contributed by atoms with Crippen molar-refractivity contribution in [2.75, 3.05) is 26.7 Å². The molecule has 39 heavy (non-hydrogen) atoms. The summed E-state index contributed by atoms with van der Waals surface area (Å²) < 4.78 is 5.37. The minimum Gasteiger partial charge on any atom is -0.497 e. The van der Waals surface area contributed by atoms with Crippen molar-refractivity contribution in [2.24, 2.45) is 5.73 Å². The molecular weight excluding hydrogens is 510 g/mol. The number of carbonyl (C=O) groups is 2. The fourth-order valence-electron chi connectivity index (χ4n) is 4.62. The molecule has 0 aliphatic heterocycles. The number of nitrogens with two attached hydrogens (primary N) is 1. The van der Waals surface area contributed by atoms with Crippen LogP contribution in [-0.2, 0) is 13.0 Å². The van der Waals surface area contributed by atoms with Crippen molar-refractivity contribution in [3.8, 4) is 5.75 Å². The summed E-state index contributed by atoms with van der Waals surface area (Å²) in [6, 6.07) is 16.2. The summed E-state index contributed by atoms with van der Waals surface area (Å²) in [4.78, 5) is 31.8. The van der Waals surface area contributed by atoms with E-state index in [2.05, 4.69) is 0 Å². The summed E-state index contributed by atoms with van der Waals surface area (Å²) in [5.74, 6) is 0.342. The van der Waals surface area contributed by atoms with Gasteiger partial charge in [0.15, 0.2) is 0 Å². The Morgan fingerprint density at radius 3 is 2.23 bits per heavy atom. The molecule has 2 atom stereocenters. The maximum absolute atomic E-state index is 13.9. The molecule has 3 rings (SSSR count). The molecular formula is C31H41N3O4S. The lowest BCUT2D eigenvalue weighted by Gasteiger charge is -2.29. The SMILES string of the molecule is CCCN(CCC)C(=O)c1cc(C)cc(C(=O)N(Cc2cccc(OC)c2)C[C@@H](O)[C@@H](N)Cc2cccs2)c1. The minimum absolute atomic E-state index is 0.0532. The highest BCUT2D eigenvalue weighted by molar-refractivity contribution is 7.09. The molecule has 0 radical (unpaired) electrons. The van der Waals surface area contributed by atoms with E-state index in [-0.39, 0.29) is 24.9 Å². The van der Waals surface area contributed by atoms with Crippen LogP contribution in [-0.4, -0.2) is 65.6 Å². The predicted molar refractivity (Wildman–Crippen MR) is 157 cm³/mol. The topological polar surface area (TPSA) is 96.1 Å². The van der Waals surface area contributed by atoms with Crippen molar-refractivity contribution in [3.63, 3.8) is 0 Å². The fraction of sp³-hybridized carbons (Fsp3) is 0.419. The number of carbonyl (C=O) groups excluding carboxylic acids is 2. The number of aryl methyl sites for hydroxylation is 1. The molecule has 0 unspecified atom stereocenters. The van der Waals surface area contributed by atoms with Gasteiger partial charge in [0.2, 0.25) is 0 Å². The molecule has 2 aromatic carbocycles. The fourth-order valence-corrected chi connectivity index (χ4v) is 5.40. The van der Waals surface area contributed by atoms with E-state index in [1.165, 1.54) is 0 Å². The zero-order chi connectivity index (χ0) is 28.4. The number of ether oxygens (including phenoxy) is 1. The molecule has 3 N–H and O–H groups in total. The maximum atomic E-state index is 13.9. The van der Waals surface area contributed by atoms with E-state index in [9.17, 15) is 14.7 Å². The molecule has 1 heterocycles. The molecule has 7 nitrogen and oxygen atoms in total. The second-order valence-electron chi connectivity index (χ2n) is 9.93. The highest BCUT2D eigenvalue weighted by Gasteiger charge is 2.25. The van der Waals surface area contributed by atoms with Crippen molar-refractivity contribution >= 4 is 23.2 Å². The molecule has 210 valence electrons. The molecule has 0 spiro atoms. The Hall–Kier alpha value is -3.20. The first-order chi connectivity index (χ1) is 18.7. The van der Waals surface area contributed by atoms with Crippen molar-refractivity contribution in [1.82, 2.24) is 9.80 Å². The number of nitrogens with zero attached hydrogens (tertiary/aromatic N) is 2. The number of rotatable bonds is 14. The summed E-state index contributed by atoms with van der Waals surface area (Å²) in [5.41, 5.74) is 8.96. The average molecular weight is 552 g/mol. The van der Waals surface area contributed by atoms with Crippen LogP contribution in [0.15, 0.2) is 60.0 Å². The summed E-state index contributed by atoms with van der Waals surface area (Å²) in [6.45, 7) is 7.62. The highest BCUT2D eigenvalue weighted by atomic mass is 32.1. The standard InChI is InChI=1S/C31H41N3O4S/c1-5-12-33(13-6-2)30(36)24-15-22(3)16-25(18-24)31(37)34(20-23-9-7-10-26(17-23)38-4)21-29(35)28(32)19-27-11-8-14-39-27/h7-11,14-18,28-29,35H,5-6,12-13,19-21,32H2,1-4H3/t28-,29+/m0/s1. The van der Waals surface area contributed by atoms with Crippen LogP contribution in [0.1, 0.15) is 63.4 Å². The van der Waals surface area contributed by atoms with Crippen LogP contribution in [0.3, 0.4) is 0 Å². The lowest BCUT2D eigenvalue weighted by atomic mass is 10.0. The molecule has 0 bridgehead atoms. The summed E-state index contributed by atoms with van der Waals surface area (Å²) >= 11 is 1.59. The van der Waals surface area contributed by atoms with Crippen LogP contribution in [0.4, 0.5) is 0 Å². The van der Waals surface area contributed by atoms with Crippen molar-refractivity contribution in [1.29, 1.82) is 0 Å². The van der Waals surface area contributed by atoms with Crippen LogP contribution < -0.4 is 10.5 Å². The quantitative estimate of drug-likeness (QED) is 0.297. The van der Waals surface area contributed by atoms with Gasteiger partial charge in [0.1, 0.15) is 5.75 Å². The first-order valence-corrected chi connectivity index (χ1v) is 14.4. The van der Waals surface area contributed by atoms with Crippen LogP contribution in [0, 0.1) is 6.92 Å². The minimum atomic E-state index is -0.933. The van der Waals surface area contributed by atoms with E-state index >= 15 is 0 Å². The summed E-state index contributed by atoms with van der Waals surface area (Å²) in [5, 5.41) is 13.0. The van der Waals surface area contributed by atoms with Gasteiger partial charge in [0.05, 0.1) is 13.2 Å². The van der Waals surface area contributed by atoms with Gasteiger partial charge < -0.3 is 25.4 Å². The zero-order valence-electron chi connectivity index (χ0n) is 23.4. The van der Waals surface area contributed by atoms with Gasteiger partial charge >= 0.3 is 0 Å². The van der Waals surface area contributed by atoms with E-state index in [1.54, 1.807) is 35.5 Å². The van der Waals surface area contributed by atoms with Crippen LogP contribution >= 0.6 is 11.3 Å². The first-order valence-electron chi connectivity index (χ1n) is 13.5. The largest absolute Gasteiger partial charge is 0.497 e. The Morgan fingerprint density at radius 2 is 1.64 bits per heavy atom. The van der Waals surface area contributed by atoms with Crippen LogP contribution in [0.25, 0.3) is 0 Å². The molecule has 1 aromatic heterocycles. The van der Waals surface area contributed by atoms with Crippen LogP contribution in [0.5, 0.6) is 5.75 Å². The lowest BCUT2D eigenvalue weighted by Crippen LogP contribution is -2.46. The molecule has 0 saturated heterocycles. The highest BCUT2D eigenvalue weighted by Crippen LogP contribution is 2.20. The first kappa shape index (κ1) is 30.3. The molecule has 2 amide bonds. The number of amides is 2. The smallest absolute Gasteiger partial charge is 0.254 e. The third-order valence-electron chi connectivity index (χ3n) is 6.56. The zero-order valence-corrected chi connectivity index (χ0v) is 24.2. The van der Waals surface area contributed by atoms with Gasteiger partial charge in [0, 0.05) is 48.2 Å². The Bertz CT molecular complexity index is 1210. The van der Waals surface area contributed by atoms with E-state index in [4.69, 9.17) is 10.5 Å². The van der Waals surface area contributed by atoms with Gasteiger partial charge in [-0.25, -0.2) is 0 Å². The number of hydrogen-bond acceptors (Lipinski definition) is 6. The van der Waals surface area contributed by atoms with E-state index in [0.29, 0.717) is 36.4 Å². The van der Waals surface area contributed by atoms with Gasteiger partial charge in [-0.1, -0.05) is 32.0 Å². The van der Waals surface area contributed by atoms with Gasteiger partial charge in [-0.15, -0.1) is 11.3 Å². The van der Waals surface area contributed by atoms with Crippen molar-refractivity contribution in [2.45, 2.75) is 58.7 Å². The normalized spacial score (nSPS) is 12.6. The van der Waals surface area contributed by atoms with Crippen LogP contribution in [0.2, 0.25) is 0 Å². The molecule has 8 heteroatoms. The maximum Gasteiger partial charge on any atom is 0.254 e. The Morgan fingerprint density at radius 1 is 0.974 bits per heavy atom. The number of hydrogen-bond donors (Lipinski definition) is 2. The van der Waals surface area contributed by atoms with Crippen molar-refractivity contribution in [3.05, 3.63) is 87.1 Å². The third kappa shape index (κ3) is 8.65. The van der Waals surface area contributed by atoms with Gasteiger partial charge in [0.25, 0.3) is 11.8 Å². The molecule has 0 aliphatic carbocycles.